The molecule has 1 aromatic carbocycles. The normalized spacial score (nSPS) is 14.8. The third-order valence-electron chi connectivity index (χ3n) is 3.42. The highest BCUT2D eigenvalue weighted by molar-refractivity contribution is 14.0. The van der Waals surface area contributed by atoms with Crippen molar-refractivity contribution in [3.63, 3.8) is 0 Å². The molecule has 1 heterocycles. The summed E-state index contributed by atoms with van der Waals surface area (Å²) < 4.78 is 18.8. The van der Waals surface area contributed by atoms with Gasteiger partial charge in [-0.2, -0.15) is 0 Å². The highest BCUT2D eigenvalue weighted by atomic mass is 127. The van der Waals surface area contributed by atoms with Crippen molar-refractivity contribution in [3.05, 3.63) is 47.3 Å². The summed E-state index contributed by atoms with van der Waals surface area (Å²) in [5, 5.41) is 6.36. The monoisotopic (exact) mass is 419 g/mol. The lowest BCUT2D eigenvalue weighted by Crippen LogP contribution is -2.37. The summed E-state index contributed by atoms with van der Waals surface area (Å²) in [7, 11) is 1.71. The molecule has 6 heteroatoms. The Morgan fingerprint density at radius 2 is 2.14 bits per heavy atom. The molecule has 0 aromatic heterocycles. The summed E-state index contributed by atoms with van der Waals surface area (Å²) in [6, 6.07) is 6.74. The van der Waals surface area contributed by atoms with Gasteiger partial charge in [-0.05, 0) is 18.9 Å². The topological polar surface area (TPSA) is 45.7 Å². The van der Waals surface area contributed by atoms with E-state index in [1.165, 1.54) is 11.6 Å². The summed E-state index contributed by atoms with van der Waals surface area (Å²) in [5.74, 6) is 0.485. The maximum atomic E-state index is 13.5. The van der Waals surface area contributed by atoms with E-state index in [0.717, 1.165) is 32.6 Å². The Morgan fingerprint density at radius 1 is 1.32 bits per heavy atom. The first-order valence-electron chi connectivity index (χ1n) is 7.23. The van der Waals surface area contributed by atoms with E-state index >= 15 is 0 Å². The van der Waals surface area contributed by atoms with Crippen LogP contribution in [0.3, 0.4) is 0 Å². The lowest BCUT2D eigenvalue weighted by atomic mass is 10.1. The van der Waals surface area contributed by atoms with Crippen LogP contribution in [-0.2, 0) is 11.3 Å². The Kier molecular flexibility index (Phi) is 9.07. The molecule has 0 fully saturated rings. The maximum Gasteiger partial charge on any atom is 0.191 e. The highest BCUT2D eigenvalue weighted by Crippen LogP contribution is 2.10. The van der Waals surface area contributed by atoms with Crippen LogP contribution in [-0.4, -0.2) is 32.8 Å². The van der Waals surface area contributed by atoms with Crippen LogP contribution in [0, 0.1) is 5.82 Å². The van der Waals surface area contributed by atoms with Gasteiger partial charge in [0.2, 0.25) is 0 Å². The van der Waals surface area contributed by atoms with Gasteiger partial charge in [0.05, 0.1) is 13.2 Å². The Balaban J connectivity index is 0.00000242. The molecule has 0 saturated carbocycles. The van der Waals surface area contributed by atoms with Gasteiger partial charge in [-0.15, -0.1) is 24.0 Å². The predicted octanol–water partition coefficient (Wildman–Crippen LogP) is 2.85. The summed E-state index contributed by atoms with van der Waals surface area (Å²) in [6.07, 6.45) is 4.12. The number of ether oxygens (including phenoxy) is 1. The highest BCUT2D eigenvalue weighted by Gasteiger charge is 2.05. The van der Waals surface area contributed by atoms with E-state index < -0.39 is 0 Å². The maximum absolute atomic E-state index is 13.5. The van der Waals surface area contributed by atoms with Crippen LogP contribution >= 0.6 is 24.0 Å². The fourth-order valence-corrected chi connectivity index (χ4v) is 2.18. The molecular formula is C16H23FIN3O. The van der Waals surface area contributed by atoms with Crippen LogP contribution in [0.1, 0.15) is 18.4 Å². The first kappa shape index (κ1) is 18.9. The Hall–Kier alpha value is -1.15. The molecule has 0 amide bonds. The fraction of sp³-hybridized carbons (Fsp3) is 0.438. The van der Waals surface area contributed by atoms with Gasteiger partial charge in [0.1, 0.15) is 5.82 Å². The van der Waals surface area contributed by atoms with Gasteiger partial charge in [-0.3, -0.25) is 4.99 Å². The lowest BCUT2D eigenvalue weighted by molar-refractivity contribution is 0.153. The minimum Gasteiger partial charge on any atom is -0.377 e. The van der Waals surface area contributed by atoms with Gasteiger partial charge in [-0.25, -0.2) is 4.39 Å². The quantitative estimate of drug-likeness (QED) is 0.334. The van der Waals surface area contributed by atoms with Gasteiger partial charge < -0.3 is 15.4 Å². The second kappa shape index (κ2) is 10.6. The SMILES string of the molecule is CN=C(NCCC1=CCOCC1)NCc1ccccc1F.I. The van der Waals surface area contributed by atoms with E-state index in [2.05, 4.69) is 21.7 Å². The van der Waals surface area contributed by atoms with Crippen LogP contribution in [0.25, 0.3) is 0 Å². The van der Waals surface area contributed by atoms with Crippen molar-refractivity contribution in [1.29, 1.82) is 0 Å². The third-order valence-corrected chi connectivity index (χ3v) is 3.42. The zero-order valence-corrected chi connectivity index (χ0v) is 15.1. The molecule has 0 unspecified atom stereocenters. The zero-order chi connectivity index (χ0) is 14.9. The van der Waals surface area contributed by atoms with E-state index in [0.29, 0.717) is 18.1 Å². The summed E-state index contributed by atoms with van der Waals surface area (Å²) in [6.45, 7) is 2.76. The van der Waals surface area contributed by atoms with E-state index in [1.54, 1.807) is 19.2 Å². The number of hydrogen-bond acceptors (Lipinski definition) is 2. The van der Waals surface area contributed by atoms with Crippen LogP contribution in [0.5, 0.6) is 0 Å². The molecular weight excluding hydrogens is 396 g/mol. The van der Waals surface area contributed by atoms with Crippen molar-refractivity contribution >= 4 is 29.9 Å². The second-order valence-electron chi connectivity index (χ2n) is 4.88. The molecule has 1 aromatic rings. The molecule has 2 rings (SSSR count). The molecule has 22 heavy (non-hydrogen) atoms. The minimum atomic E-state index is -0.201. The number of nitrogens with zero attached hydrogens (tertiary/aromatic N) is 1. The molecule has 0 atom stereocenters. The zero-order valence-electron chi connectivity index (χ0n) is 12.8. The van der Waals surface area contributed by atoms with Crippen LogP contribution in [0.4, 0.5) is 4.39 Å². The van der Waals surface area contributed by atoms with Gasteiger partial charge in [-0.1, -0.05) is 29.8 Å². The molecule has 122 valence electrons. The largest absolute Gasteiger partial charge is 0.377 e. The second-order valence-corrected chi connectivity index (χ2v) is 4.88. The third kappa shape index (κ3) is 6.31. The van der Waals surface area contributed by atoms with Gasteiger partial charge in [0, 0.05) is 25.7 Å². The van der Waals surface area contributed by atoms with Gasteiger partial charge in [0.15, 0.2) is 5.96 Å². The van der Waals surface area contributed by atoms with E-state index in [-0.39, 0.29) is 29.8 Å². The standard InChI is InChI=1S/C16H22FN3O.HI/c1-18-16(19-9-6-13-7-10-21-11-8-13)20-12-14-4-2-3-5-15(14)17;/h2-5,7H,6,8-12H2,1H3,(H2,18,19,20);1H. The van der Waals surface area contributed by atoms with Gasteiger partial charge >= 0.3 is 0 Å². The fourth-order valence-electron chi connectivity index (χ4n) is 2.18. The van der Waals surface area contributed by atoms with Crippen LogP contribution < -0.4 is 10.6 Å². The number of hydrogen-bond donors (Lipinski definition) is 2. The Bertz CT molecular complexity index is 520. The first-order chi connectivity index (χ1) is 10.3. The van der Waals surface area contributed by atoms with Crippen LogP contribution in [0.15, 0.2) is 40.9 Å². The molecule has 1 aliphatic rings. The molecule has 0 aliphatic carbocycles. The number of benzene rings is 1. The number of rotatable bonds is 5. The number of aliphatic imine (C=N–C) groups is 1. The minimum absolute atomic E-state index is 0. The lowest BCUT2D eigenvalue weighted by Gasteiger charge is -2.15. The van der Waals surface area contributed by atoms with Crippen molar-refractivity contribution in [2.24, 2.45) is 4.99 Å². The average molecular weight is 419 g/mol. The molecule has 0 saturated heterocycles. The van der Waals surface area contributed by atoms with Crippen molar-refractivity contribution in [1.82, 2.24) is 10.6 Å². The molecule has 0 bridgehead atoms. The van der Waals surface area contributed by atoms with Crippen molar-refractivity contribution in [3.8, 4) is 0 Å². The van der Waals surface area contributed by atoms with E-state index in [4.69, 9.17) is 4.74 Å². The first-order valence-corrected chi connectivity index (χ1v) is 7.23. The van der Waals surface area contributed by atoms with E-state index in [9.17, 15) is 4.39 Å². The predicted molar refractivity (Wildman–Crippen MR) is 98.2 cm³/mol. The number of guanidine groups is 1. The molecule has 4 nitrogen and oxygen atoms in total. The van der Waals surface area contributed by atoms with Gasteiger partial charge in [0.25, 0.3) is 0 Å². The van der Waals surface area contributed by atoms with Crippen molar-refractivity contribution < 1.29 is 9.13 Å². The smallest absolute Gasteiger partial charge is 0.191 e. The average Bonchev–Trinajstić information content (AvgIpc) is 2.53. The Morgan fingerprint density at radius 3 is 2.82 bits per heavy atom. The number of nitrogens with one attached hydrogen (secondary N) is 2. The summed E-state index contributed by atoms with van der Waals surface area (Å²) >= 11 is 0. The van der Waals surface area contributed by atoms with Crippen LogP contribution in [0.2, 0.25) is 0 Å². The summed E-state index contributed by atoms with van der Waals surface area (Å²) in [4.78, 5) is 4.14. The molecule has 2 N–H and O–H groups in total. The molecule has 0 spiro atoms. The summed E-state index contributed by atoms with van der Waals surface area (Å²) in [5.41, 5.74) is 2.05. The molecule has 1 aliphatic heterocycles. The Labute approximate surface area is 148 Å². The number of halogens is 2. The molecule has 0 radical (unpaired) electrons. The van der Waals surface area contributed by atoms with Crippen molar-refractivity contribution in [2.45, 2.75) is 19.4 Å². The van der Waals surface area contributed by atoms with Crippen molar-refractivity contribution in [2.75, 3.05) is 26.8 Å². The van der Waals surface area contributed by atoms with E-state index in [1.807, 2.05) is 6.07 Å².